The normalized spacial score (nSPS) is 26.1. The third-order valence-corrected chi connectivity index (χ3v) is 4.81. The highest BCUT2D eigenvalue weighted by Gasteiger charge is 2.35. The first-order valence-electron chi connectivity index (χ1n) is 8.01. The monoisotopic (exact) mass is 287 g/mol. The van der Waals surface area contributed by atoms with Crippen molar-refractivity contribution < 1.29 is 4.79 Å². The number of amides is 1. The van der Waals surface area contributed by atoms with Gasteiger partial charge in [0.2, 0.25) is 5.91 Å². The van der Waals surface area contributed by atoms with Gasteiger partial charge in [0.25, 0.3) is 0 Å². The van der Waals surface area contributed by atoms with E-state index in [0.717, 1.165) is 45.4 Å². The summed E-state index contributed by atoms with van der Waals surface area (Å²) in [4.78, 5) is 17.1. The van der Waals surface area contributed by atoms with Crippen LogP contribution < -0.4 is 5.32 Å². The van der Waals surface area contributed by atoms with Crippen LogP contribution in [0.2, 0.25) is 0 Å². The van der Waals surface area contributed by atoms with Gasteiger partial charge in [-0.3, -0.25) is 9.69 Å². The molecule has 0 aliphatic carbocycles. The Morgan fingerprint density at radius 3 is 2.86 bits per heavy atom. The van der Waals surface area contributed by atoms with E-state index in [1.165, 1.54) is 5.56 Å². The van der Waals surface area contributed by atoms with E-state index < -0.39 is 0 Å². The Kier molecular flexibility index (Phi) is 4.56. The molecule has 1 N–H and O–H groups in total. The molecule has 2 aliphatic heterocycles. The third kappa shape index (κ3) is 3.27. The van der Waals surface area contributed by atoms with Crippen molar-refractivity contribution in [2.24, 2.45) is 0 Å². The first kappa shape index (κ1) is 14.5. The van der Waals surface area contributed by atoms with E-state index in [-0.39, 0.29) is 6.04 Å². The Morgan fingerprint density at radius 1 is 1.33 bits per heavy atom. The number of hydrogen-bond acceptors (Lipinski definition) is 3. The Bertz CT molecular complexity index is 470. The number of likely N-dealkylation sites (N-methyl/N-ethyl adjacent to an activating group) is 1. The lowest BCUT2D eigenvalue weighted by Crippen LogP contribution is -2.48. The number of hydrogen-bond donors (Lipinski definition) is 1. The van der Waals surface area contributed by atoms with Gasteiger partial charge >= 0.3 is 0 Å². The van der Waals surface area contributed by atoms with Crippen LogP contribution in [0.4, 0.5) is 0 Å². The zero-order valence-corrected chi connectivity index (χ0v) is 12.8. The number of benzene rings is 1. The van der Waals surface area contributed by atoms with Crippen LogP contribution in [-0.2, 0) is 11.3 Å². The van der Waals surface area contributed by atoms with Gasteiger partial charge in [-0.15, -0.1) is 0 Å². The molecule has 114 valence electrons. The van der Waals surface area contributed by atoms with Crippen LogP contribution in [0.15, 0.2) is 30.3 Å². The van der Waals surface area contributed by atoms with E-state index in [4.69, 9.17) is 0 Å². The fourth-order valence-electron chi connectivity index (χ4n) is 3.50. The van der Waals surface area contributed by atoms with E-state index in [9.17, 15) is 4.79 Å². The minimum absolute atomic E-state index is 0.0656. The lowest BCUT2D eigenvalue weighted by molar-refractivity contribution is -0.136. The highest BCUT2D eigenvalue weighted by Crippen LogP contribution is 2.23. The Labute approximate surface area is 127 Å². The Hall–Kier alpha value is -1.39. The summed E-state index contributed by atoms with van der Waals surface area (Å²) in [5.74, 6) is 0.303. The maximum absolute atomic E-state index is 12.8. The summed E-state index contributed by atoms with van der Waals surface area (Å²) in [5, 5.41) is 3.34. The summed E-state index contributed by atoms with van der Waals surface area (Å²) in [7, 11) is 1.97. The SMILES string of the molecule is CN(C(=O)C1CCCN1Cc1ccccc1)C1CCNC1. The predicted molar refractivity (Wildman–Crippen MR) is 83.9 cm³/mol. The summed E-state index contributed by atoms with van der Waals surface area (Å²) in [6, 6.07) is 10.9. The quantitative estimate of drug-likeness (QED) is 0.911. The standard InChI is InChI=1S/C17H25N3O/c1-19(15-9-10-18-12-15)17(21)16-8-5-11-20(16)13-14-6-3-2-4-7-14/h2-4,6-7,15-16,18H,5,8-13H2,1H3. The molecular formula is C17H25N3O. The maximum atomic E-state index is 12.8. The average Bonchev–Trinajstić information content (AvgIpc) is 3.18. The second kappa shape index (κ2) is 6.58. The van der Waals surface area contributed by atoms with E-state index in [1.54, 1.807) is 0 Å². The van der Waals surface area contributed by atoms with Crippen LogP contribution in [0, 0.1) is 0 Å². The fraction of sp³-hybridized carbons (Fsp3) is 0.588. The highest BCUT2D eigenvalue weighted by atomic mass is 16.2. The summed E-state index contributed by atoms with van der Waals surface area (Å²) in [6.07, 6.45) is 3.20. The van der Waals surface area contributed by atoms with Crippen LogP contribution in [0.3, 0.4) is 0 Å². The van der Waals surface area contributed by atoms with Crippen molar-refractivity contribution in [1.82, 2.24) is 15.1 Å². The Morgan fingerprint density at radius 2 is 2.14 bits per heavy atom. The number of carbonyl (C=O) groups is 1. The van der Waals surface area contributed by atoms with E-state index >= 15 is 0 Å². The molecule has 2 atom stereocenters. The van der Waals surface area contributed by atoms with Gasteiger partial charge in [-0.1, -0.05) is 30.3 Å². The molecule has 2 heterocycles. The molecular weight excluding hydrogens is 262 g/mol. The molecule has 0 radical (unpaired) electrons. The van der Waals surface area contributed by atoms with Crippen molar-refractivity contribution in [3.8, 4) is 0 Å². The molecule has 2 unspecified atom stereocenters. The summed E-state index contributed by atoms with van der Waals surface area (Å²) >= 11 is 0. The van der Waals surface area contributed by atoms with Crippen LogP contribution in [0.1, 0.15) is 24.8 Å². The molecule has 1 aromatic rings. The zero-order valence-electron chi connectivity index (χ0n) is 12.8. The summed E-state index contributed by atoms with van der Waals surface area (Å²) in [5.41, 5.74) is 1.29. The minimum atomic E-state index is 0.0656. The minimum Gasteiger partial charge on any atom is -0.340 e. The first-order chi connectivity index (χ1) is 10.3. The molecule has 4 nitrogen and oxygen atoms in total. The molecule has 4 heteroatoms. The molecule has 0 saturated carbocycles. The van der Waals surface area contributed by atoms with Gasteiger partial charge in [0, 0.05) is 26.2 Å². The fourth-order valence-corrected chi connectivity index (χ4v) is 3.50. The number of nitrogens with one attached hydrogen (secondary N) is 1. The molecule has 0 bridgehead atoms. The summed E-state index contributed by atoms with van der Waals surface area (Å²) < 4.78 is 0. The zero-order chi connectivity index (χ0) is 14.7. The van der Waals surface area contributed by atoms with Gasteiger partial charge in [0.05, 0.1) is 6.04 Å². The lowest BCUT2D eigenvalue weighted by atomic mass is 10.1. The Balaban J connectivity index is 1.64. The molecule has 2 saturated heterocycles. The molecule has 2 fully saturated rings. The maximum Gasteiger partial charge on any atom is 0.239 e. The van der Waals surface area contributed by atoms with E-state index in [0.29, 0.717) is 11.9 Å². The number of rotatable bonds is 4. The van der Waals surface area contributed by atoms with Crippen LogP contribution >= 0.6 is 0 Å². The van der Waals surface area contributed by atoms with Gasteiger partial charge in [-0.2, -0.15) is 0 Å². The predicted octanol–water partition coefficient (Wildman–Crippen LogP) is 1.47. The van der Waals surface area contributed by atoms with E-state index in [2.05, 4.69) is 34.5 Å². The third-order valence-electron chi connectivity index (χ3n) is 4.81. The molecule has 1 amide bonds. The first-order valence-corrected chi connectivity index (χ1v) is 8.01. The van der Waals surface area contributed by atoms with Crippen molar-refractivity contribution in [3.63, 3.8) is 0 Å². The lowest BCUT2D eigenvalue weighted by Gasteiger charge is -2.31. The van der Waals surface area contributed by atoms with Crippen molar-refractivity contribution in [1.29, 1.82) is 0 Å². The smallest absolute Gasteiger partial charge is 0.239 e. The van der Waals surface area contributed by atoms with Crippen LogP contribution in [0.25, 0.3) is 0 Å². The second-order valence-electron chi connectivity index (χ2n) is 6.21. The second-order valence-corrected chi connectivity index (χ2v) is 6.21. The van der Waals surface area contributed by atoms with Crippen LogP contribution in [-0.4, -0.2) is 54.5 Å². The van der Waals surface area contributed by atoms with Crippen molar-refractivity contribution in [2.45, 2.75) is 37.9 Å². The highest BCUT2D eigenvalue weighted by molar-refractivity contribution is 5.82. The molecule has 0 spiro atoms. The molecule has 3 rings (SSSR count). The van der Waals surface area contributed by atoms with Gasteiger partial charge in [-0.05, 0) is 37.9 Å². The van der Waals surface area contributed by atoms with Gasteiger partial charge < -0.3 is 10.2 Å². The number of nitrogens with zero attached hydrogens (tertiary/aromatic N) is 2. The molecule has 21 heavy (non-hydrogen) atoms. The van der Waals surface area contributed by atoms with Crippen LogP contribution in [0.5, 0.6) is 0 Å². The average molecular weight is 287 g/mol. The number of likely N-dealkylation sites (tertiary alicyclic amines) is 1. The van der Waals surface area contributed by atoms with Gasteiger partial charge in [0.1, 0.15) is 0 Å². The van der Waals surface area contributed by atoms with Crippen molar-refractivity contribution in [2.75, 3.05) is 26.7 Å². The molecule has 2 aliphatic rings. The van der Waals surface area contributed by atoms with Gasteiger partial charge in [0.15, 0.2) is 0 Å². The van der Waals surface area contributed by atoms with Crippen molar-refractivity contribution in [3.05, 3.63) is 35.9 Å². The van der Waals surface area contributed by atoms with E-state index in [1.807, 2.05) is 18.0 Å². The largest absolute Gasteiger partial charge is 0.340 e. The van der Waals surface area contributed by atoms with Gasteiger partial charge in [-0.25, -0.2) is 0 Å². The topological polar surface area (TPSA) is 35.6 Å². The number of carbonyl (C=O) groups excluding carboxylic acids is 1. The molecule has 0 aromatic heterocycles. The van der Waals surface area contributed by atoms with Crippen molar-refractivity contribution >= 4 is 5.91 Å². The molecule has 1 aromatic carbocycles. The summed E-state index contributed by atoms with van der Waals surface area (Å²) in [6.45, 7) is 3.88.